The minimum absolute atomic E-state index is 0.121. The molecule has 3 heteroatoms. The first-order valence-corrected chi connectivity index (χ1v) is 5.03. The van der Waals surface area contributed by atoms with Crippen LogP contribution in [0.1, 0.15) is 20.3 Å². The van der Waals surface area contributed by atoms with E-state index in [9.17, 15) is 0 Å². The Morgan fingerprint density at radius 3 is 2.69 bits per heavy atom. The van der Waals surface area contributed by atoms with Gasteiger partial charge in [0.2, 0.25) is 0 Å². The lowest BCUT2D eigenvalue weighted by molar-refractivity contribution is 0.0870. The quantitative estimate of drug-likeness (QED) is 0.634. The monoisotopic (exact) mass is 181 g/mol. The second-order valence-corrected chi connectivity index (χ2v) is 3.88. The molecule has 0 aromatic carbocycles. The Kier molecular flexibility index (Phi) is 3.71. The lowest BCUT2D eigenvalue weighted by atomic mass is 10.1. The van der Waals surface area contributed by atoms with Crippen LogP contribution >= 0.6 is 0 Å². The fourth-order valence-corrected chi connectivity index (χ4v) is 1.79. The summed E-state index contributed by atoms with van der Waals surface area (Å²) in [5.41, 5.74) is 0. The number of rotatable bonds is 2. The van der Waals surface area contributed by atoms with Crippen molar-refractivity contribution >= 4 is 0 Å². The third-order valence-electron chi connectivity index (χ3n) is 2.97. The zero-order valence-corrected chi connectivity index (χ0v) is 8.82. The van der Waals surface area contributed by atoms with Gasteiger partial charge in [0.05, 0.1) is 12.1 Å². The van der Waals surface area contributed by atoms with Crippen LogP contribution in [-0.4, -0.2) is 48.6 Å². The van der Waals surface area contributed by atoms with Crippen molar-refractivity contribution in [2.45, 2.75) is 32.4 Å². The molecule has 1 saturated heterocycles. The first-order chi connectivity index (χ1) is 6.19. The molecule has 3 nitrogen and oxygen atoms in total. The van der Waals surface area contributed by atoms with Crippen molar-refractivity contribution in [3.63, 3.8) is 0 Å². The Hall–Kier alpha value is -0.590. The second kappa shape index (κ2) is 4.59. The summed E-state index contributed by atoms with van der Waals surface area (Å²) in [5, 5.41) is 8.93. The molecule has 0 aliphatic carbocycles. The number of likely N-dealkylation sites (N-methyl/N-ethyl adjacent to an activating group) is 1. The molecule has 0 N–H and O–H groups in total. The molecule has 0 aromatic rings. The smallest absolute Gasteiger partial charge is 0.0976 e. The van der Waals surface area contributed by atoms with Crippen molar-refractivity contribution in [2.75, 3.05) is 26.7 Å². The Morgan fingerprint density at radius 2 is 2.23 bits per heavy atom. The topological polar surface area (TPSA) is 30.3 Å². The van der Waals surface area contributed by atoms with Crippen LogP contribution in [0, 0.1) is 11.3 Å². The van der Waals surface area contributed by atoms with Crippen molar-refractivity contribution < 1.29 is 0 Å². The van der Waals surface area contributed by atoms with Gasteiger partial charge in [-0.3, -0.25) is 4.90 Å². The Balaban J connectivity index is 2.50. The van der Waals surface area contributed by atoms with E-state index in [0.717, 1.165) is 26.1 Å². The molecule has 0 amide bonds. The molecule has 0 bridgehead atoms. The SMILES string of the molecule is CCC(C#N)N1CCN(C)C(C)C1. The van der Waals surface area contributed by atoms with Crippen LogP contribution in [0.15, 0.2) is 0 Å². The van der Waals surface area contributed by atoms with E-state index in [1.54, 1.807) is 0 Å². The highest BCUT2D eigenvalue weighted by molar-refractivity contribution is 4.93. The van der Waals surface area contributed by atoms with E-state index in [1.807, 2.05) is 0 Å². The van der Waals surface area contributed by atoms with Crippen LogP contribution in [0.5, 0.6) is 0 Å². The normalized spacial score (nSPS) is 28.3. The van der Waals surface area contributed by atoms with E-state index in [4.69, 9.17) is 5.26 Å². The first kappa shape index (κ1) is 10.5. The second-order valence-electron chi connectivity index (χ2n) is 3.88. The maximum atomic E-state index is 8.93. The number of hydrogen-bond acceptors (Lipinski definition) is 3. The van der Waals surface area contributed by atoms with Crippen molar-refractivity contribution in [1.29, 1.82) is 5.26 Å². The molecule has 0 saturated carbocycles. The molecule has 2 unspecified atom stereocenters. The number of piperazine rings is 1. The van der Waals surface area contributed by atoms with E-state index in [-0.39, 0.29) is 6.04 Å². The van der Waals surface area contributed by atoms with E-state index in [1.165, 1.54) is 0 Å². The summed E-state index contributed by atoms with van der Waals surface area (Å²) in [6.45, 7) is 7.45. The number of nitrogens with zero attached hydrogens (tertiary/aromatic N) is 3. The van der Waals surface area contributed by atoms with Crippen LogP contribution in [0.4, 0.5) is 0 Å². The molecule has 0 aromatic heterocycles. The molecule has 1 fully saturated rings. The molecule has 2 atom stereocenters. The lowest BCUT2D eigenvalue weighted by Gasteiger charge is -2.39. The van der Waals surface area contributed by atoms with Gasteiger partial charge >= 0.3 is 0 Å². The van der Waals surface area contributed by atoms with Gasteiger partial charge in [-0.05, 0) is 20.4 Å². The third-order valence-corrected chi connectivity index (χ3v) is 2.97. The van der Waals surface area contributed by atoms with Gasteiger partial charge in [0.25, 0.3) is 0 Å². The van der Waals surface area contributed by atoms with E-state index in [2.05, 4.69) is 36.8 Å². The standard InChI is InChI=1S/C10H19N3/c1-4-10(7-11)13-6-5-12(3)9(2)8-13/h9-10H,4-6,8H2,1-3H3. The maximum absolute atomic E-state index is 8.93. The summed E-state index contributed by atoms with van der Waals surface area (Å²) in [6.07, 6.45) is 0.937. The largest absolute Gasteiger partial charge is 0.301 e. The number of hydrogen-bond donors (Lipinski definition) is 0. The Labute approximate surface area is 80.9 Å². The van der Waals surface area contributed by atoms with Crippen LogP contribution in [0.25, 0.3) is 0 Å². The van der Waals surface area contributed by atoms with Gasteiger partial charge in [-0.15, -0.1) is 0 Å². The fourth-order valence-electron chi connectivity index (χ4n) is 1.79. The zero-order chi connectivity index (χ0) is 9.84. The summed E-state index contributed by atoms with van der Waals surface area (Å²) < 4.78 is 0. The number of nitriles is 1. The molecule has 1 aliphatic rings. The summed E-state index contributed by atoms with van der Waals surface area (Å²) in [5.74, 6) is 0. The van der Waals surface area contributed by atoms with Crippen molar-refractivity contribution in [2.24, 2.45) is 0 Å². The maximum Gasteiger partial charge on any atom is 0.0976 e. The minimum Gasteiger partial charge on any atom is -0.301 e. The van der Waals surface area contributed by atoms with E-state index < -0.39 is 0 Å². The molecule has 0 spiro atoms. The Morgan fingerprint density at radius 1 is 1.54 bits per heavy atom. The summed E-state index contributed by atoms with van der Waals surface area (Å²) in [4.78, 5) is 4.64. The van der Waals surface area contributed by atoms with Gasteiger partial charge in [0, 0.05) is 25.7 Å². The van der Waals surface area contributed by atoms with Crippen molar-refractivity contribution in [1.82, 2.24) is 9.80 Å². The van der Waals surface area contributed by atoms with Gasteiger partial charge in [-0.2, -0.15) is 5.26 Å². The van der Waals surface area contributed by atoms with Gasteiger partial charge in [-0.1, -0.05) is 6.92 Å². The predicted molar refractivity (Wildman–Crippen MR) is 53.4 cm³/mol. The molecule has 1 rings (SSSR count). The Bertz CT molecular complexity index is 197. The summed E-state index contributed by atoms with van der Waals surface area (Å²) in [6, 6.07) is 3.07. The van der Waals surface area contributed by atoms with Crippen LogP contribution in [-0.2, 0) is 0 Å². The van der Waals surface area contributed by atoms with Crippen LogP contribution < -0.4 is 0 Å². The molecule has 0 radical (unpaired) electrons. The summed E-state index contributed by atoms with van der Waals surface area (Å²) in [7, 11) is 2.15. The first-order valence-electron chi connectivity index (χ1n) is 5.03. The molecule has 13 heavy (non-hydrogen) atoms. The van der Waals surface area contributed by atoms with Crippen LogP contribution in [0.2, 0.25) is 0 Å². The molecule has 74 valence electrons. The van der Waals surface area contributed by atoms with Gasteiger partial charge in [-0.25, -0.2) is 0 Å². The highest BCUT2D eigenvalue weighted by atomic mass is 15.3. The minimum atomic E-state index is 0.121. The van der Waals surface area contributed by atoms with E-state index in [0.29, 0.717) is 6.04 Å². The highest BCUT2D eigenvalue weighted by Crippen LogP contribution is 2.11. The molecular weight excluding hydrogens is 162 g/mol. The third kappa shape index (κ3) is 2.43. The average molecular weight is 181 g/mol. The predicted octanol–water partition coefficient (Wildman–Crippen LogP) is 0.924. The van der Waals surface area contributed by atoms with Crippen molar-refractivity contribution in [3.8, 4) is 6.07 Å². The average Bonchev–Trinajstić information content (AvgIpc) is 2.13. The zero-order valence-electron chi connectivity index (χ0n) is 8.82. The molecule has 1 heterocycles. The fraction of sp³-hybridized carbons (Fsp3) is 0.900. The molecule has 1 aliphatic heterocycles. The lowest BCUT2D eigenvalue weighted by Crippen LogP contribution is -2.52. The van der Waals surface area contributed by atoms with Gasteiger partial charge < -0.3 is 4.90 Å². The van der Waals surface area contributed by atoms with E-state index >= 15 is 0 Å². The van der Waals surface area contributed by atoms with Gasteiger partial charge in [0.1, 0.15) is 0 Å². The van der Waals surface area contributed by atoms with Crippen LogP contribution in [0.3, 0.4) is 0 Å². The van der Waals surface area contributed by atoms with Gasteiger partial charge in [0.15, 0.2) is 0 Å². The summed E-state index contributed by atoms with van der Waals surface area (Å²) >= 11 is 0. The van der Waals surface area contributed by atoms with Crippen molar-refractivity contribution in [3.05, 3.63) is 0 Å². The molecular formula is C10H19N3. The highest BCUT2D eigenvalue weighted by Gasteiger charge is 2.25.